The maximum atomic E-state index is 3.39. The molecule has 0 aliphatic carbocycles. The molecule has 1 heteroatoms. The molecule has 0 saturated carbocycles. The Balaban J connectivity index is 2.41. The monoisotopic (exact) mass is 261 g/mol. The van der Waals surface area contributed by atoms with Crippen LogP contribution in [0, 0.1) is 27.7 Å². The van der Waals surface area contributed by atoms with E-state index in [1.54, 1.807) is 5.56 Å². The Labute approximate surface area is 119 Å². The van der Waals surface area contributed by atoms with Crippen LogP contribution in [0.15, 0.2) is 6.07 Å². The standard InChI is InChI=1S/C18H31N/c1-6-19-12-10-8-7-9-11-18-16(4)14(2)13-15(3)17(18)5/h13,19H,6-12H2,1-5H3. The predicted octanol–water partition coefficient (Wildman–Crippen LogP) is 4.63. The van der Waals surface area contributed by atoms with Crippen molar-refractivity contribution in [1.29, 1.82) is 0 Å². The lowest BCUT2D eigenvalue weighted by Crippen LogP contribution is -2.13. The second-order valence-corrected chi connectivity index (χ2v) is 5.76. The highest BCUT2D eigenvalue weighted by Gasteiger charge is 2.07. The summed E-state index contributed by atoms with van der Waals surface area (Å²) in [5.41, 5.74) is 7.52. The van der Waals surface area contributed by atoms with Crippen LogP contribution < -0.4 is 5.32 Å². The fourth-order valence-corrected chi connectivity index (χ4v) is 2.76. The molecule has 0 spiro atoms. The van der Waals surface area contributed by atoms with Crippen LogP contribution in [0.4, 0.5) is 0 Å². The van der Waals surface area contributed by atoms with Crippen LogP contribution in [0.5, 0.6) is 0 Å². The van der Waals surface area contributed by atoms with Gasteiger partial charge in [0.05, 0.1) is 0 Å². The molecule has 1 N–H and O–H groups in total. The van der Waals surface area contributed by atoms with Gasteiger partial charge in [-0.25, -0.2) is 0 Å². The lowest BCUT2D eigenvalue weighted by molar-refractivity contribution is 0.597. The maximum absolute atomic E-state index is 3.39. The molecule has 1 nitrogen and oxygen atoms in total. The van der Waals surface area contributed by atoms with E-state index in [9.17, 15) is 0 Å². The van der Waals surface area contributed by atoms with Gasteiger partial charge in [-0.1, -0.05) is 25.8 Å². The highest BCUT2D eigenvalue weighted by Crippen LogP contribution is 2.23. The number of nitrogens with one attached hydrogen (secondary N) is 1. The Morgan fingerprint density at radius 1 is 0.842 bits per heavy atom. The zero-order chi connectivity index (χ0) is 14.3. The van der Waals surface area contributed by atoms with Crippen LogP contribution in [-0.4, -0.2) is 13.1 Å². The van der Waals surface area contributed by atoms with Gasteiger partial charge in [0.15, 0.2) is 0 Å². The third-order valence-corrected chi connectivity index (χ3v) is 4.30. The third kappa shape index (κ3) is 4.99. The largest absolute Gasteiger partial charge is 0.317 e. The van der Waals surface area contributed by atoms with Crippen LogP contribution in [-0.2, 0) is 6.42 Å². The molecule has 0 saturated heterocycles. The van der Waals surface area contributed by atoms with Gasteiger partial charge in [-0.3, -0.25) is 0 Å². The molecule has 108 valence electrons. The number of hydrogen-bond acceptors (Lipinski definition) is 1. The van der Waals surface area contributed by atoms with E-state index in [-0.39, 0.29) is 0 Å². The molecule has 0 aliphatic heterocycles. The Morgan fingerprint density at radius 2 is 1.42 bits per heavy atom. The maximum Gasteiger partial charge on any atom is -0.00490 e. The quantitative estimate of drug-likeness (QED) is 0.673. The number of hydrogen-bond donors (Lipinski definition) is 1. The average Bonchev–Trinajstić information content (AvgIpc) is 2.39. The van der Waals surface area contributed by atoms with Crippen LogP contribution in [0.25, 0.3) is 0 Å². The van der Waals surface area contributed by atoms with E-state index >= 15 is 0 Å². The molecule has 1 rings (SSSR count). The Hall–Kier alpha value is -0.820. The first kappa shape index (κ1) is 16.2. The van der Waals surface area contributed by atoms with Crippen molar-refractivity contribution < 1.29 is 0 Å². The number of benzene rings is 1. The van der Waals surface area contributed by atoms with Gasteiger partial charge in [0.1, 0.15) is 0 Å². The fourth-order valence-electron chi connectivity index (χ4n) is 2.76. The first-order valence-electron chi connectivity index (χ1n) is 7.85. The van der Waals surface area contributed by atoms with E-state index in [1.807, 2.05) is 0 Å². The molecule has 0 amide bonds. The van der Waals surface area contributed by atoms with Gasteiger partial charge in [0.2, 0.25) is 0 Å². The second-order valence-electron chi connectivity index (χ2n) is 5.76. The van der Waals surface area contributed by atoms with Gasteiger partial charge in [-0.05, 0) is 87.9 Å². The zero-order valence-corrected chi connectivity index (χ0v) is 13.5. The molecule has 0 atom stereocenters. The molecule has 0 fully saturated rings. The molecular weight excluding hydrogens is 230 g/mol. The van der Waals surface area contributed by atoms with Gasteiger partial charge < -0.3 is 5.32 Å². The van der Waals surface area contributed by atoms with Gasteiger partial charge in [-0.2, -0.15) is 0 Å². The normalized spacial score (nSPS) is 11.0. The van der Waals surface area contributed by atoms with E-state index in [1.165, 1.54) is 60.9 Å². The number of unbranched alkanes of at least 4 members (excludes halogenated alkanes) is 3. The fraction of sp³-hybridized carbons (Fsp3) is 0.667. The summed E-state index contributed by atoms with van der Waals surface area (Å²) in [6.07, 6.45) is 6.61. The molecule has 0 aliphatic rings. The summed E-state index contributed by atoms with van der Waals surface area (Å²) in [6, 6.07) is 2.32. The van der Waals surface area contributed by atoms with Gasteiger partial charge >= 0.3 is 0 Å². The van der Waals surface area contributed by atoms with Crippen LogP contribution in [0.3, 0.4) is 0 Å². The minimum absolute atomic E-state index is 1.10. The molecule has 0 unspecified atom stereocenters. The third-order valence-electron chi connectivity index (χ3n) is 4.30. The minimum Gasteiger partial charge on any atom is -0.317 e. The second kappa shape index (κ2) is 8.37. The molecule has 1 aromatic rings. The summed E-state index contributed by atoms with van der Waals surface area (Å²) < 4.78 is 0. The van der Waals surface area contributed by atoms with E-state index in [2.05, 4.69) is 46.0 Å². The van der Waals surface area contributed by atoms with Crippen molar-refractivity contribution in [3.8, 4) is 0 Å². The van der Waals surface area contributed by atoms with E-state index < -0.39 is 0 Å². The minimum atomic E-state index is 1.10. The molecule has 0 heterocycles. The molecule has 19 heavy (non-hydrogen) atoms. The van der Waals surface area contributed by atoms with Crippen molar-refractivity contribution in [1.82, 2.24) is 5.32 Å². The SMILES string of the molecule is CCNCCCCCCc1c(C)c(C)cc(C)c1C. The summed E-state index contributed by atoms with van der Waals surface area (Å²) in [7, 11) is 0. The highest BCUT2D eigenvalue weighted by atomic mass is 14.8. The molecular formula is C18H31N. The zero-order valence-electron chi connectivity index (χ0n) is 13.5. The molecule has 0 bridgehead atoms. The summed E-state index contributed by atoms with van der Waals surface area (Å²) in [4.78, 5) is 0. The van der Waals surface area contributed by atoms with Crippen molar-refractivity contribution in [2.75, 3.05) is 13.1 Å². The van der Waals surface area contributed by atoms with Gasteiger partial charge in [0, 0.05) is 0 Å². The number of aryl methyl sites for hydroxylation is 2. The van der Waals surface area contributed by atoms with Crippen molar-refractivity contribution in [3.05, 3.63) is 33.9 Å². The summed E-state index contributed by atoms with van der Waals surface area (Å²) in [5.74, 6) is 0. The lowest BCUT2D eigenvalue weighted by atomic mass is 9.91. The first-order chi connectivity index (χ1) is 9.07. The van der Waals surface area contributed by atoms with E-state index in [4.69, 9.17) is 0 Å². The Morgan fingerprint density at radius 3 is 2.00 bits per heavy atom. The lowest BCUT2D eigenvalue weighted by Gasteiger charge is -2.15. The van der Waals surface area contributed by atoms with Crippen molar-refractivity contribution in [3.63, 3.8) is 0 Å². The predicted molar refractivity (Wildman–Crippen MR) is 86.1 cm³/mol. The summed E-state index contributed by atoms with van der Waals surface area (Å²) in [5, 5.41) is 3.39. The van der Waals surface area contributed by atoms with Crippen LogP contribution >= 0.6 is 0 Å². The van der Waals surface area contributed by atoms with Crippen LogP contribution in [0.2, 0.25) is 0 Å². The van der Waals surface area contributed by atoms with Crippen molar-refractivity contribution >= 4 is 0 Å². The van der Waals surface area contributed by atoms with Crippen molar-refractivity contribution in [2.24, 2.45) is 0 Å². The Kier molecular flexibility index (Phi) is 7.15. The Bertz CT molecular complexity index is 367. The molecule has 1 aromatic carbocycles. The van der Waals surface area contributed by atoms with Crippen LogP contribution in [0.1, 0.15) is 60.4 Å². The topological polar surface area (TPSA) is 12.0 Å². The highest BCUT2D eigenvalue weighted by molar-refractivity contribution is 5.43. The summed E-state index contributed by atoms with van der Waals surface area (Å²) in [6.45, 7) is 13.5. The number of rotatable bonds is 8. The van der Waals surface area contributed by atoms with E-state index in [0.717, 1.165) is 6.54 Å². The first-order valence-corrected chi connectivity index (χ1v) is 7.85. The molecule has 0 radical (unpaired) electrons. The van der Waals surface area contributed by atoms with Crippen molar-refractivity contribution in [2.45, 2.75) is 66.7 Å². The summed E-state index contributed by atoms with van der Waals surface area (Å²) >= 11 is 0. The average molecular weight is 261 g/mol. The molecule has 0 aromatic heterocycles. The van der Waals surface area contributed by atoms with E-state index in [0.29, 0.717) is 0 Å². The van der Waals surface area contributed by atoms with Gasteiger partial charge in [-0.15, -0.1) is 0 Å². The smallest absolute Gasteiger partial charge is 0.00490 e. The van der Waals surface area contributed by atoms with Gasteiger partial charge in [0.25, 0.3) is 0 Å².